The van der Waals surface area contributed by atoms with Crippen LogP contribution in [-0.2, 0) is 17.8 Å². The van der Waals surface area contributed by atoms with Crippen LogP contribution in [0.5, 0.6) is 0 Å². The fraction of sp³-hybridized carbons (Fsp3) is 0.259. The Bertz CT molecular complexity index is 1330. The highest BCUT2D eigenvalue weighted by Gasteiger charge is 2.26. The molecule has 0 fully saturated rings. The van der Waals surface area contributed by atoms with E-state index in [-0.39, 0.29) is 18.5 Å². The van der Waals surface area contributed by atoms with E-state index in [1.54, 1.807) is 24.3 Å². The third-order valence-corrected chi connectivity index (χ3v) is 6.13. The minimum Gasteiger partial charge on any atom is -0.481 e. The second-order valence-electron chi connectivity index (χ2n) is 8.54. The van der Waals surface area contributed by atoms with Gasteiger partial charge in [-0.2, -0.15) is 0 Å². The fourth-order valence-electron chi connectivity index (χ4n) is 4.04. The van der Waals surface area contributed by atoms with E-state index < -0.39 is 18.0 Å². The second kappa shape index (κ2) is 10.4. The summed E-state index contributed by atoms with van der Waals surface area (Å²) in [6.45, 7) is 2.12. The number of aromatic nitrogens is 3. The predicted octanol–water partition coefficient (Wildman–Crippen LogP) is 3.85. The molecule has 1 heterocycles. The molecule has 174 valence electrons. The number of hydrogen-bond acceptors (Lipinski definition) is 5. The first kappa shape index (κ1) is 23.3. The van der Waals surface area contributed by atoms with E-state index in [9.17, 15) is 19.8 Å². The SMILES string of the molecule is Cc1ccc(-c2ccc(CCC(O)C(CCn3nnc4ccccc4c3=O)C(=O)O)cc2)cc1. The van der Waals surface area contributed by atoms with Crippen LogP contribution in [0.1, 0.15) is 24.0 Å². The number of carboxylic acid groups (broad SMARTS) is 1. The Hall–Kier alpha value is -3.84. The number of benzene rings is 3. The van der Waals surface area contributed by atoms with E-state index in [4.69, 9.17) is 0 Å². The monoisotopic (exact) mass is 457 g/mol. The first-order chi connectivity index (χ1) is 16.4. The Morgan fingerprint density at radius 1 is 0.941 bits per heavy atom. The first-order valence-electron chi connectivity index (χ1n) is 11.3. The van der Waals surface area contributed by atoms with Crippen molar-refractivity contribution in [3.63, 3.8) is 0 Å². The average Bonchev–Trinajstić information content (AvgIpc) is 2.85. The van der Waals surface area contributed by atoms with Crippen molar-refractivity contribution in [2.24, 2.45) is 5.92 Å². The molecule has 3 aromatic carbocycles. The number of rotatable bonds is 9. The number of aliphatic carboxylic acids is 1. The molecular weight excluding hydrogens is 430 g/mol. The van der Waals surface area contributed by atoms with Crippen molar-refractivity contribution in [1.82, 2.24) is 15.0 Å². The molecule has 0 spiro atoms. The zero-order valence-corrected chi connectivity index (χ0v) is 19.0. The van der Waals surface area contributed by atoms with Crippen LogP contribution >= 0.6 is 0 Å². The van der Waals surface area contributed by atoms with Gasteiger partial charge < -0.3 is 10.2 Å². The Morgan fingerprint density at radius 3 is 2.26 bits per heavy atom. The zero-order valence-electron chi connectivity index (χ0n) is 19.0. The minimum atomic E-state index is -1.09. The van der Waals surface area contributed by atoms with Gasteiger partial charge in [-0.25, -0.2) is 4.68 Å². The van der Waals surface area contributed by atoms with Gasteiger partial charge in [0.15, 0.2) is 0 Å². The number of hydrogen-bond donors (Lipinski definition) is 2. The summed E-state index contributed by atoms with van der Waals surface area (Å²) in [4.78, 5) is 24.4. The summed E-state index contributed by atoms with van der Waals surface area (Å²) in [6.07, 6.45) is -0.109. The topological polar surface area (TPSA) is 105 Å². The maximum absolute atomic E-state index is 12.6. The van der Waals surface area contributed by atoms with E-state index in [1.165, 1.54) is 5.56 Å². The van der Waals surface area contributed by atoms with Crippen LogP contribution in [0.4, 0.5) is 0 Å². The number of carboxylic acids is 1. The van der Waals surface area contributed by atoms with Gasteiger partial charge in [-0.15, -0.1) is 5.10 Å². The Morgan fingerprint density at radius 2 is 1.59 bits per heavy atom. The van der Waals surface area contributed by atoms with Crippen LogP contribution in [0.2, 0.25) is 0 Å². The lowest BCUT2D eigenvalue weighted by molar-refractivity contribution is -0.146. The molecular formula is C27H27N3O4. The molecule has 7 nitrogen and oxygen atoms in total. The van der Waals surface area contributed by atoms with Crippen LogP contribution in [0, 0.1) is 12.8 Å². The molecule has 0 amide bonds. The van der Waals surface area contributed by atoms with E-state index in [2.05, 4.69) is 41.5 Å². The summed E-state index contributed by atoms with van der Waals surface area (Å²) in [5, 5.41) is 28.6. The number of aliphatic hydroxyl groups excluding tert-OH is 1. The van der Waals surface area contributed by atoms with Crippen molar-refractivity contribution in [3.8, 4) is 11.1 Å². The van der Waals surface area contributed by atoms with Gasteiger partial charge in [-0.05, 0) is 55.0 Å². The second-order valence-corrected chi connectivity index (χ2v) is 8.54. The molecule has 4 aromatic rings. The molecule has 0 radical (unpaired) electrons. The normalized spacial score (nSPS) is 13.0. The molecule has 1 aromatic heterocycles. The molecule has 7 heteroatoms. The molecule has 34 heavy (non-hydrogen) atoms. The lowest BCUT2D eigenvalue weighted by atomic mass is 9.93. The summed E-state index contributed by atoms with van der Waals surface area (Å²) >= 11 is 0. The largest absolute Gasteiger partial charge is 0.481 e. The number of nitrogens with zero attached hydrogens (tertiary/aromatic N) is 3. The van der Waals surface area contributed by atoms with Crippen LogP contribution in [0.25, 0.3) is 22.0 Å². The highest BCUT2D eigenvalue weighted by Crippen LogP contribution is 2.22. The highest BCUT2D eigenvalue weighted by molar-refractivity contribution is 5.76. The lowest BCUT2D eigenvalue weighted by Crippen LogP contribution is -2.32. The van der Waals surface area contributed by atoms with Crippen molar-refractivity contribution >= 4 is 16.9 Å². The number of aliphatic hydroxyl groups is 1. The fourth-order valence-corrected chi connectivity index (χ4v) is 4.04. The third-order valence-electron chi connectivity index (χ3n) is 6.13. The molecule has 2 N–H and O–H groups in total. The van der Waals surface area contributed by atoms with Gasteiger partial charge in [-0.1, -0.05) is 71.4 Å². The summed E-state index contributed by atoms with van der Waals surface area (Å²) in [7, 11) is 0. The van der Waals surface area contributed by atoms with Gasteiger partial charge >= 0.3 is 5.97 Å². The van der Waals surface area contributed by atoms with Crippen LogP contribution in [-0.4, -0.2) is 37.3 Å². The van der Waals surface area contributed by atoms with Crippen molar-refractivity contribution in [3.05, 3.63) is 94.3 Å². The third kappa shape index (κ3) is 5.38. The van der Waals surface area contributed by atoms with Crippen LogP contribution in [0.3, 0.4) is 0 Å². The summed E-state index contributed by atoms with van der Waals surface area (Å²) < 4.78 is 1.16. The lowest BCUT2D eigenvalue weighted by Gasteiger charge is -2.19. The smallest absolute Gasteiger partial charge is 0.309 e. The Balaban J connectivity index is 1.37. The number of carbonyl (C=O) groups is 1. The van der Waals surface area contributed by atoms with Gasteiger partial charge in [0.25, 0.3) is 5.56 Å². The highest BCUT2D eigenvalue weighted by atomic mass is 16.4. The van der Waals surface area contributed by atoms with Crippen molar-refractivity contribution in [1.29, 1.82) is 0 Å². The maximum atomic E-state index is 12.6. The summed E-state index contributed by atoms with van der Waals surface area (Å²) in [5.74, 6) is -2.10. The number of aryl methyl sites for hydroxylation is 3. The molecule has 0 aliphatic rings. The van der Waals surface area contributed by atoms with Crippen LogP contribution in [0.15, 0.2) is 77.6 Å². The molecule has 0 aliphatic carbocycles. The molecule has 2 atom stereocenters. The first-order valence-corrected chi connectivity index (χ1v) is 11.3. The van der Waals surface area contributed by atoms with Gasteiger partial charge in [-0.3, -0.25) is 9.59 Å². The van der Waals surface area contributed by atoms with E-state index >= 15 is 0 Å². The van der Waals surface area contributed by atoms with E-state index in [0.29, 0.717) is 23.7 Å². The summed E-state index contributed by atoms with van der Waals surface area (Å²) in [5.41, 5.74) is 4.64. The van der Waals surface area contributed by atoms with Crippen molar-refractivity contribution in [2.75, 3.05) is 0 Å². The van der Waals surface area contributed by atoms with Crippen LogP contribution < -0.4 is 5.56 Å². The van der Waals surface area contributed by atoms with Gasteiger partial charge in [0.05, 0.1) is 17.4 Å². The Labute approximate surface area is 197 Å². The molecule has 4 rings (SSSR count). The Kier molecular flexibility index (Phi) is 7.13. The molecule has 0 saturated carbocycles. The molecule has 0 aliphatic heterocycles. The maximum Gasteiger partial charge on any atom is 0.309 e. The molecule has 2 unspecified atom stereocenters. The van der Waals surface area contributed by atoms with Crippen molar-refractivity contribution in [2.45, 2.75) is 38.8 Å². The zero-order chi connectivity index (χ0) is 24.1. The number of fused-ring (bicyclic) bond motifs is 1. The van der Waals surface area contributed by atoms with Gasteiger partial charge in [0.2, 0.25) is 0 Å². The standard InChI is InChI=1S/C27H27N3O4/c1-18-6-11-20(12-7-18)21-13-8-19(9-14-21)10-15-25(31)23(27(33)34)16-17-30-26(32)22-4-2-3-5-24(22)28-29-30/h2-9,11-14,23,25,31H,10,15-17H2,1H3,(H,33,34). The van der Waals surface area contributed by atoms with Gasteiger partial charge in [0, 0.05) is 6.54 Å². The van der Waals surface area contributed by atoms with E-state index in [1.807, 2.05) is 24.3 Å². The average molecular weight is 458 g/mol. The minimum absolute atomic E-state index is 0.0654. The van der Waals surface area contributed by atoms with Gasteiger partial charge in [0.1, 0.15) is 5.52 Å². The van der Waals surface area contributed by atoms with Crippen molar-refractivity contribution < 1.29 is 15.0 Å². The van der Waals surface area contributed by atoms with E-state index in [0.717, 1.165) is 21.4 Å². The summed E-state index contributed by atoms with van der Waals surface area (Å²) in [6, 6.07) is 23.3. The predicted molar refractivity (Wildman–Crippen MR) is 130 cm³/mol. The molecule has 0 saturated heterocycles. The quantitative estimate of drug-likeness (QED) is 0.396. The molecule has 0 bridgehead atoms.